The number of amides is 3. The molecule has 0 heterocycles. The van der Waals surface area contributed by atoms with Crippen molar-refractivity contribution in [2.24, 2.45) is 5.73 Å². The molecule has 110 valence electrons. The zero-order chi connectivity index (χ0) is 15.3. The number of rotatable bonds is 4. The molecule has 0 saturated carbocycles. The van der Waals surface area contributed by atoms with Crippen LogP contribution in [0.1, 0.15) is 6.92 Å². The summed E-state index contributed by atoms with van der Waals surface area (Å²) in [5.41, 5.74) is 5.00. The van der Waals surface area contributed by atoms with Gasteiger partial charge in [-0.05, 0) is 19.1 Å². The molecule has 1 rings (SSSR count). The number of halogens is 3. The molecule has 9 heteroatoms. The predicted octanol–water partition coefficient (Wildman–Crippen LogP) is 1.58. The van der Waals surface area contributed by atoms with Crippen LogP contribution in [-0.2, 0) is 4.79 Å². The highest BCUT2D eigenvalue weighted by atomic mass is 19.4. The molecule has 0 aliphatic carbocycles. The van der Waals surface area contributed by atoms with Crippen LogP contribution in [0.4, 0.5) is 23.7 Å². The largest absolute Gasteiger partial charge is 0.573 e. The molecule has 1 aromatic rings. The highest BCUT2D eigenvalue weighted by Crippen LogP contribution is 2.25. The van der Waals surface area contributed by atoms with Crippen LogP contribution in [0.3, 0.4) is 0 Å². The molecular formula is C11H12F3N3O3. The first-order valence-corrected chi connectivity index (χ1v) is 5.40. The number of benzene rings is 1. The molecule has 0 spiro atoms. The van der Waals surface area contributed by atoms with E-state index in [2.05, 4.69) is 10.1 Å². The Kier molecular flexibility index (Phi) is 4.78. The third kappa shape index (κ3) is 5.46. The van der Waals surface area contributed by atoms with E-state index in [-0.39, 0.29) is 5.69 Å². The quantitative estimate of drug-likeness (QED) is 0.785. The van der Waals surface area contributed by atoms with Gasteiger partial charge in [-0.25, -0.2) is 4.79 Å². The Balaban J connectivity index is 2.71. The monoisotopic (exact) mass is 291 g/mol. The summed E-state index contributed by atoms with van der Waals surface area (Å²) >= 11 is 0. The van der Waals surface area contributed by atoms with Crippen molar-refractivity contribution in [2.75, 3.05) is 5.32 Å². The second-order valence-electron chi connectivity index (χ2n) is 3.80. The maximum Gasteiger partial charge on any atom is 0.573 e. The van der Waals surface area contributed by atoms with Gasteiger partial charge in [-0.3, -0.25) is 10.1 Å². The van der Waals surface area contributed by atoms with E-state index in [4.69, 9.17) is 5.73 Å². The molecule has 3 amide bonds. The summed E-state index contributed by atoms with van der Waals surface area (Å²) in [6.07, 6.45) is -4.80. The van der Waals surface area contributed by atoms with Crippen LogP contribution in [0.2, 0.25) is 0 Å². The lowest BCUT2D eigenvalue weighted by molar-refractivity contribution is -0.274. The van der Waals surface area contributed by atoms with Crippen molar-refractivity contribution in [1.29, 1.82) is 0 Å². The summed E-state index contributed by atoms with van der Waals surface area (Å²) in [4.78, 5) is 21.9. The highest BCUT2D eigenvalue weighted by Gasteiger charge is 2.31. The van der Waals surface area contributed by atoms with Gasteiger partial charge in [0.05, 0.1) is 0 Å². The molecule has 0 aromatic heterocycles. The van der Waals surface area contributed by atoms with Crippen molar-refractivity contribution in [3.05, 3.63) is 24.3 Å². The van der Waals surface area contributed by atoms with Crippen molar-refractivity contribution >= 4 is 17.6 Å². The van der Waals surface area contributed by atoms with Gasteiger partial charge >= 0.3 is 12.4 Å². The maximum atomic E-state index is 12.0. The van der Waals surface area contributed by atoms with Crippen LogP contribution in [0.25, 0.3) is 0 Å². The number of hydrogen-bond donors (Lipinski definition) is 3. The fourth-order valence-corrected chi connectivity index (χ4v) is 1.33. The van der Waals surface area contributed by atoms with Crippen LogP contribution in [0, 0.1) is 0 Å². The van der Waals surface area contributed by atoms with Crippen LogP contribution in [0.15, 0.2) is 24.3 Å². The van der Waals surface area contributed by atoms with Gasteiger partial charge < -0.3 is 15.8 Å². The molecule has 20 heavy (non-hydrogen) atoms. The van der Waals surface area contributed by atoms with E-state index in [9.17, 15) is 22.8 Å². The van der Waals surface area contributed by atoms with Crippen molar-refractivity contribution in [3.8, 4) is 5.75 Å². The Labute approximate surface area is 112 Å². The fraction of sp³-hybridized carbons (Fsp3) is 0.273. The van der Waals surface area contributed by atoms with Gasteiger partial charge in [0.15, 0.2) is 0 Å². The second-order valence-corrected chi connectivity index (χ2v) is 3.80. The van der Waals surface area contributed by atoms with Gasteiger partial charge in [0, 0.05) is 11.8 Å². The molecule has 0 unspecified atom stereocenters. The molecular weight excluding hydrogens is 279 g/mol. The molecule has 0 radical (unpaired) electrons. The Bertz CT molecular complexity index is 505. The first-order valence-electron chi connectivity index (χ1n) is 5.40. The molecule has 1 atom stereocenters. The van der Waals surface area contributed by atoms with Gasteiger partial charge in [0.2, 0.25) is 5.91 Å². The average Bonchev–Trinajstić information content (AvgIpc) is 2.25. The summed E-state index contributed by atoms with van der Waals surface area (Å²) in [7, 11) is 0. The topological polar surface area (TPSA) is 93.4 Å². The third-order valence-electron chi connectivity index (χ3n) is 2.09. The number of imide groups is 1. The van der Waals surface area contributed by atoms with Crippen molar-refractivity contribution in [2.45, 2.75) is 19.3 Å². The molecule has 0 saturated heterocycles. The zero-order valence-corrected chi connectivity index (χ0v) is 10.3. The number of nitrogens with one attached hydrogen (secondary N) is 2. The normalized spacial score (nSPS) is 12.4. The number of carbonyl (C=O) groups is 2. The second kappa shape index (κ2) is 6.13. The molecule has 0 aliphatic heterocycles. The number of carbonyl (C=O) groups excluding carboxylic acids is 2. The fourth-order valence-electron chi connectivity index (χ4n) is 1.33. The number of alkyl halides is 3. The van der Waals surface area contributed by atoms with Crippen LogP contribution in [0.5, 0.6) is 5.75 Å². The Morgan fingerprint density at radius 2 is 2.00 bits per heavy atom. The summed E-state index contributed by atoms with van der Waals surface area (Å²) < 4.78 is 39.9. The molecule has 0 fully saturated rings. The Hall–Kier alpha value is -2.45. The van der Waals surface area contributed by atoms with E-state index >= 15 is 0 Å². The standard InChI is InChI=1S/C11H12F3N3O3/c1-6(9(18)17-10(15)19)16-7-3-2-4-8(5-7)20-11(12,13)14/h2-6,16H,1H3,(H3,15,17,18,19)/t6-/m0/s1. The number of primary amides is 1. The van der Waals surface area contributed by atoms with Crippen molar-refractivity contribution in [3.63, 3.8) is 0 Å². The van der Waals surface area contributed by atoms with Gasteiger partial charge in [0.1, 0.15) is 11.8 Å². The number of ether oxygens (including phenoxy) is 1. The van der Waals surface area contributed by atoms with Crippen LogP contribution >= 0.6 is 0 Å². The zero-order valence-electron chi connectivity index (χ0n) is 10.3. The molecule has 0 bridgehead atoms. The first-order chi connectivity index (χ1) is 9.17. The Morgan fingerprint density at radius 1 is 1.35 bits per heavy atom. The van der Waals surface area contributed by atoms with Crippen molar-refractivity contribution < 1.29 is 27.5 Å². The Morgan fingerprint density at radius 3 is 2.55 bits per heavy atom. The SMILES string of the molecule is C[C@H](Nc1cccc(OC(F)(F)F)c1)C(=O)NC(N)=O. The molecule has 6 nitrogen and oxygen atoms in total. The summed E-state index contributed by atoms with van der Waals surface area (Å²) in [6, 6.07) is 3.06. The molecule has 0 aliphatic rings. The lowest BCUT2D eigenvalue weighted by Gasteiger charge is -2.15. The number of nitrogens with two attached hydrogens (primary N) is 1. The number of anilines is 1. The lowest BCUT2D eigenvalue weighted by atomic mass is 10.2. The molecule has 4 N–H and O–H groups in total. The minimum Gasteiger partial charge on any atom is -0.406 e. The van der Waals surface area contributed by atoms with E-state index in [1.165, 1.54) is 19.1 Å². The summed E-state index contributed by atoms with van der Waals surface area (Å²) in [6.45, 7) is 1.41. The van der Waals surface area contributed by atoms with E-state index in [1.807, 2.05) is 5.32 Å². The summed E-state index contributed by atoms with van der Waals surface area (Å²) in [5.74, 6) is -1.13. The van der Waals surface area contributed by atoms with E-state index in [0.29, 0.717) is 0 Å². The average molecular weight is 291 g/mol. The van der Waals surface area contributed by atoms with Crippen LogP contribution < -0.4 is 21.1 Å². The lowest BCUT2D eigenvalue weighted by Crippen LogP contribution is -2.43. The van der Waals surface area contributed by atoms with Gasteiger partial charge in [-0.2, -0.15) is 0 Å². The number of hydrogen-bond acceptors (Lipinski definition) is 4. The predicted molar refractivity (Wildman–Crippen MR) is 63.9 cm³/mol. The minimum absolute atomic E-state index is 0.221. The van der Waals surface area contributed by atoms with Gasteiger partial charge in [-0.15, -0.1) is 13.2 Å². The first kappa shape index (κ1) is 15.6. The van der Waals surface area contributed by atoms with E-state index in [1.54, 1.807) is 0 Å². The third-order valence-corrected chi connectivity index (χ3v) is 2.09. The van der Waals surface area contributed by atoms with E-state index in [0.717, 1.165) is 12.1 Å². The maximum absolute atomic E-state index is 12.0. The minimum atomic E-state index is -4.80. The smallest absolute Gasteiger partial charge is 0.406 e. The van der Waals surface area contributed by atoms with Gasteiger partial charge in [-0.1, -0.05) is 6.07 Å². The van der Waals surface area contributed by atoms with E-state index < -0.39 is 30.1 Å². The van der Waals surface area contributed by atoms with Crippen LogP contribution in [-0.4, -0.2) is 24.3 Å². The molecule has 1 aromatic carbocycles. The van der Waals surface area contributed by atoms with Gasteiger partial charge in [0.25, 0.3) is 0 Å². The number of urea groups is 1. The summed E-state index contributed by atoms with van der Waals surface area (Å²) in [5, 5.41) is 4.45. The highest BCUT2D eigenvalue weighted by molar-refractivity contribution is 5.97. The van der Waals surface area contributed by atoms with Crippen molar-refractivity contribution in [1.82, 2.24) is 5.32 Å².